The number of carbonyl (C=O) groups excluding carboxylic acids is 1. The summed E-state index contributed by atoms with van der Waals surface area (Å²) in [5.41, 5.74) is 1.04. The first-order valence-electron chi connectivity index (χ1n) is 13.4. The van der Waals surface area contributed by atoms with Crippen LogP contribution in [0.4, 0.5) is 13.2 Å². The van der Waals surface area contributed by atoms with Gasteiger partial charge in [-0.2, -0.15) is 18.3 Å². The molecule has 0 spiro atoms. The van der Waals surface area contributed by atoms with Crippen LogP contribution in [-0.2, 0) is 19.1 Å². The zero-order chi connectivity index (χ0) is 31.2. The number of aryl methyl sites for hydroxylation is 2. The molecule has 3 aromatic heterocycles. The number of nitrogens with zero attached hydrogens (tertiary/aromatic N) is 6. The molecule has 0 aliphatic carbocycles. The summed E-state index contributed by atoms with van der Waals surface area (Å²) in [6.07, 6.45) is -3.74. The molecular formula is C29H28BrF3N6O4. The van der Waals surface area contributed by atoms with Crippen LogP contribution in [0.2, 0.25) is 0 Å². The number of hydrogen-bond donors (Lipinski definition) is 1. The second-order valence-corrected chi connectivity index (χ2v) is 11.4. The summed E-state index contributed by atoms with van der Waals surface area (Å²) in [7, 11) is 0. The van der Waals surface area contributed by atoms with E-state index < -0.39 is 29.8 Å². The molecule has 0 saturated carbocycles. The molecule has 14 heteroatoms. The van der Waals surface area contributed by atoms with E-state index in [4.69, 9.17) is 9.72 Å². The highest BCUT2D eigenvalue weighted by Gasteiger charge is 2.36. The molecular weight excluding hydrogens is 633 g/mol. The van der Waals surface area contributed by atoms with Crippen molar-refractivity contribution in [3.05, 3.63) is 91.2 Å². The second kappa shape index (κ2) is 11.6. The van der Waals surface area contributed by atoms with Gasteiger partial charge in [-0.25, -0.2) is 19.2 Å². The number of fused-ring (bicyclic) bond motifs is 1. The van der Waals surface area contributed by atoms with Crippen LogP contribution in [0.1, 0.15) is 52.4 Å². The fourth-order valence-corrected chi connectivity index (χ4v) is 5.43. The molecule has 0 bridgehead atoms. The minimum atomic E-state index is -4.65. The monoisotopic (exact) mass is 660 g/mol. The number of halogens is 4. The number of hydrogen-bond acceptors (Lipinski definition) is 7. The molecule has 1 aliphatic heterocycles. The summed E-state index contributed by atoms with van der Waals surface area (Å²) in [6.45, 7) is 6.90. The topological polar surface area (TPSA) is 115 Å². The Morgan fingerprint density at radius 3 is 2.56 bits per heavy atom. The molecule has 5 rings (SSSR count). The van der Waals surface area contributed by atoms with Crippen LogP contribution in [0.3, 0.4) is 0 Å². The average molecular weight is 661 g/mol. The van der Waals surface area contributed by atoms with E-state index in [1.54, 1.807) is 32.9 Å². The number of aromatic nitrogens is 5. The Hall–Kier alpha value is -4.04. The van der Waals surface area contributed by atoms with E-state index in [0.29, 0.717) is 28.3 Å². The summed E-state index contributed by atoms with van der Waals surface area (Å²) < 4.78 is 48.8. The Bertz CT molecular complexity index is 1750. The summed E-state index contributed by atoms with van der Waals surface area (Å²) in [4.78, 5) is 38.1. The number of benzene rings is 1. The molecule has 0 radical (unpaired) electrons. The van der Waals surface area contributed by atoms with E-state index >= 15 is 0 Å². The van der Waals surface area contributed by atoms with E-state index in [2.05, 4.69) is 26.0 Å². The lowest BCUT2D eigenvalue weighted by atomic mass is 9.98. The average Bonchev–Trinajstić information content (AvgIpc) is 3.28. The van der Waals surface area contributed by atoms with E-state index in [-0.39, 0.29) is 47.0 Å². The number of amides is 1. The maximum atomic E-state index is 14.1. The number of aliphatic hydroxyl groups excluding tert-OH is 1. The summed E-state index contributed by atoms with van der Waals surface area (Å²) in [6, 6.07) is 7.89. The fraction of sp³-hybridized carbons (Fsp3) is 0.345. The Balaban J connectivity index is 1.58. The van der Waals surface area contributed by atoms with Crippen LogP contribution in [0.15, 0.2) is 51.9 Å². The third-order valence-corrected chi connectivity index (χ3v) is 7.72. The van der Waals surface area contributed by atoms with Crippen LogP contribution in [0.25, 0.3) is 11.6 Å². The third-order valence-electron chi connectivity index (χ3n) is 7.03. The van der Waals surface area contributed by atoms with Gasteiger partial charge in [-0.3, -0.25) is 9.59 Å². The molecule has 0 fully saturated rings. The maximum Gasteiger partial charge on any atom is 0.417 e. The number of pyridine rings is 1. The van der Waals surface area contributed by atoms with Gasteiger partial charge in [0.15, 0.2) is 0 Å². The highest BCUT2D eigenvalue weighted by molar-refractivity contribution is 9.10. The van der Waals surface area contributed by atoms with Gasteiger partial charge in [-0.05, 0) is 64.4 Å². The first-order chi connectivity index (χ1) is 20.2. The van der Waals surface area contributed by atoms with Crippen molar-refractivity contribution in [3.8, 4) is 17.5 Å². The SMILES string of the molecule is Cc1cc(C)n(-c2nc3c(c(=O)n2-c2ccc(OCC(C)O)nc2)CC(C)N(C(=O)c2ccc(Br)c(C(F)(F)F)c2)C3)n1. The van der Waals surface area contributed by atoms with Crippen molar-refractivity contribution in [1.82, 2.24) is 29.2 Å². The van der Waals surface area contributed by atoms with Crippen molar-refractivity contribution in [2.45, 2.75) is 59.0 Å². The van der Waals surface area contributed by atoms with Gasteiger partial charge in [0.25, 0.3) is 11.5 Å². The Labute approximate surface area is 252 Å². The van der Waals surface area contributed by atoms with Gasteiger partial charge in [0.05, 0.1) is 41.5 Å². The van der Waals surface area contributed by atoms with Crippen molar-refractivity contribution < 1.29 is 27.8 Å². The Morgan fingerprint density at radius 2 is 1.95 bits per heavy atom. The summed E-state index contributed by atoms with van der Waals surface area (Å²) in [5, 5.41) is 14.0. The molecule has 2 atom stereocenters. The first-order valence-corrected chi connectivity index (χ1v) is 14.2. The zero-order valence-electron chi connectivity index (χ0n) is 23.7. The molecule has 226 valence electrons. The van der Waals surface area contributed by atoms with Gasteiger partial charge in [-0.1, -0.05) is 15.9 Å². The van der Waals surface area contributed by atoms with E-state index in [1.165, 1.54) is 32.5 Å². The Kier molecular flexibility index (Phi) is 8.18. The maximum absolute atomic E-state index is 14.1. The summed E-state index contributed by atoms with van der Waals surface area (Å²) in [5.74, 6) is -0.175. The quantitative estimate of drug-likeness (QED) is 0.322. The second-order valence-electron chi connectivity index (χ2n) is 10.5. The van der Waals surface area contributed by atoms with E-state index in [1.807, 2.05) is 13.0 Å². The third kappa shape index (κ3) is 6.07. The molecule has 1 N–H and O–H groups in total. The molecule has 0 saturated heterocycles. The van der Waals surface area contributed by atoms with Gasteiger partial charge in [0.2, 0.25) is 11.8 Å². The van der Waals surface area contributed by atoms with Crippen LogP contribution in [0.5, 0.6) is 5.88 Å². The number of aliphatic hydroxyl groups is 1. The van der Waals surface area contributed by atoms with E-state index in [0.717, 1.165) is 6.07 Å². The molecule has 1 amide bonds. The van der Waals surface area contributed by atoms with Crippen molar-refractivity contribution in [1.29, 1.82) is 0 Å². The van der Waals surface area contributed by atoms with Gasteiger partial charge < -0.3 is 14.7 Å². The lowest BCUT2D eigenvalue weighted by molar-refractivity contribution is -0.138. The lowest BCUT2D eigenvalue weighted by Crippen LogP contribution is -2.46. The zero-order valence-corrected chi connectivity index (χ0v) is 25.3. The molecule has 1 aliphatic rings. The van der Waals surface area contributed by atoms with Gasteiger partial charge in [0.1, 0.15) is 6.61 Å². The van der Waals surface area contributed by atoms with Crippen LogP contribution in [0, 0.1) is 13.8 Å². The van der Waals surface area contributed by atoms with Crippen molar-refractivity contribution in [2.75, 3.05) is 6.61 Å². The molecule has 10 nitrogen and oxygen atoms in total. The highest BCUT2D eigenvalue weighted by atomic mass is 79.9. The van der Waals surface area contributed by atoms with Crippen LogP contribution in [-0.4, -0.2) is 59.0 Å². The van der Waals surface area contributed by atoms with Crippen molar-refractivity contribution >= 4 is 21.8 Å². The largest absolute Gasteiger partial charge is 0.475 e. The Morgan fingerprint density at radius 1 is 1.21 bits per heavy atom. The standard InChI is InChI=1S/C29H28BrF3N6O4/c1-15-9-17(3)39(36-15)28-35-24-13-37(26(41)19-5-7-23(30)22(11-19)29(31,32)33)16(2)10-21(24)27(42)38(28)20-6-8-25(34-12-20)43-14-18(4)40/h5-9,11-12,16,18,40H,10,13-14H2,1-4H3. The van der Waals surface area contributed by atoms with Crippen LogP contribution < -0.4 is 10.3 Å². The predicted octanol–water partition coefficient (Wildman–Crippen LogP) is 4.56. The number of carbonyl (C=O) groups is 1. The van der Waals surface area contributed by atoms with Crippen molar-refractivity contribution in [2.24, 2.45) is 0 Å². The minimum absolute atomic E-state index is 0.0502. The molecule has 4 heterocycles. The fourth-order valence-electron chi connectivity index (χ4n) is 4.96. The smallest absolute Gasteiger partial charge is 0.417 e. The van der Waals surface area contributed by atoms with Gasteiger partial charge >= 0.3 is 6.18 Å². The lowest BCUT2D eigenvalue weighted by Gasteiger charge is -2.34. The normalized spacial score (nSPS) is 15.7. The predicted molar refractivity (Wildman–Crippen MR) is 154 cm³/mol. The summed E-state index contributed by atoms with van der Waals surface area (Å²) >= 11 is 2.91. The highest BCUT2D eigenvalue weighted by Crippen LogP contribution is 2.36. The number of rotatable bonds is 6. The van der Waals surface area contributed by atoms with Crippen molar-refractivity contribution in [3.63, 3.8) is 0 Å². The molecule has 1 aromatic carbocycles. The first kappa shape index (κ1) is 30.4. The molecule has 4 aromatic rings. The number of alkyl halides is 3. The number of ether oxygens (including phenoxy) is 1. The van der Waals surface area contributed by atoms with Gasteiger partial charge in [-0.15, -0.1) is 0 Å². The van der Waals surface area contributed by atoms with E-state index in [9.17, 15) is 27.9 Å². The minimum Gasteiger partial charge on any atom is -0.475 e. The molecule has 43 heavy (non-hydrogen) atoms. The molecule has 2 unspecified atom stereocenters. The van der Waals surface area contributed by atoms with Gasteiger partial charge in [0, 0.05) is 33.4 Å². The van der Waals surface area contributed by atoms with Crippen LogP contribution >= 0.6 is 15.9 Å².